The molecule has 0 bridgehead atoms. The summed E-state index contributed by atoms with van der Waals surface area (Å²) in [5, 5.41) is 11.0. The fourth-order valence-electron chi connectivity index (χ4n) is 3.46. The number of ketones is 1. The van der Waals surface area contributed by atoms with Gasteiger partial charge in [0.1, 0.15) is 0 Å². The normalized spacial score (nSPS) is 16.9. The molecule has 1 N–H and O–H groups in total. The molecule has 1 unspecified atom stereocenters. The molecule has 0 saturated carbocycles. The van der Waals surface area contributed by atoms with E-state index in [1.807, 2.05) is 30.3 Å². The summed E-state index contributed by atoms with van der Waals surface area (Å²) in [6.45, 7) is 0. The molecule has 4 rings (SSSR count). The average molecular weight is 414 g/mol. The van der Waals surface area contributed by atoms with Crippen LogP contribution in [0.15, 0.2) is 36.4 Å². The van der Waals surface area contributed by atoms with Crippen molar-refractivity contribution in [2.75, 3.05) is 0 Å². The van der Waals surface area contributed by atoms with Crippen molar-refractivity contribution < 1.29 is 40.9 Å². The maximum absolute atomic E-state index is 11.4. The largest absolute Gasteiger partial charge is 1.00 e. The van der Waals surface area contributed by atoms with E-state index in [9.17, 15) is 9.90 Å². The van der Waals surface area contributed by atoms with Crippen LogP contribution in [0.5, 0.6) is 0 Å². The summed E-state index contributed by atoms with van der Waals surface area (Å²) in [5.74, 6) is 0.196. The van der Waals surface area contributed by atoms with Crippen molar-refractivity contribution in [3.05, 3.63) is 68.7 Å². The van der Waals surface area contributed by atoms with Crippen LogP contribution in [-0.4, -0.2) is 19.3 Å². The zero-order chi connectivity index (χ0) is 17.1. The van der Waals surface area contributed by atoms with Gasteiger partial charge in [0.05, 0.1) is 11.1 Å². The smallest absolute Gasteiger partial charge is 1.00 e. The minimum atomic E-state index is -0.345. The van der Waals surface area contributed by atoms with E-state index < -0.39 is 0 Å². The van der Waals surface area contributed by atoms with Gasteiger partial charge in [0.2, 0.25) is 0 Å². The topological polar surface area (TPSA) is 37.3 Å². The van der Waals surface area contributed by atoms with Gasteiger partial charge in [-0.2, -0.15) is 0 Å². The van der Waals surface area contributed by atoms with Gasteiger partial charge in [-0.3, -0.25) is 4.79 Å². The molecule has 0 saturated heterocycles. The third-order valence-corrected chi connectivity index (χ3v) is 5.27. The summed E-state index contributed by atoms with van der Waals surface area (Å²) in [6, 6.07) is 11.5. The molecule has 27 heavy (non-hydrogen) atoms. The first-order valence-corrected chi connectivity index (χ1v) is 9.09. The molecule has 3 radical (unpaired) electrons. The maximum Gasteiger partial charge on any atom is 1.00 e. The number of aliphatic hydroxyl groups is 1. The molecule has 0 fully saturated rings. The quantitative estimate of drug-likeness (QED) is 0.674. The Morgan fingerprint density at radius 2 is 1.52 bits per heavy atom. The van der Waals surface area contributed by atoms with E-state index in [4.69, 9.17) is 23.2 Å². The van der Waals surface area contributed by atoms with Crippen molar-refractivity contribution >= 4 is 37.4 Å². The molecule has 0 spiro atoms. The Kier molecular flexibility index (Phi) is 12.2. The molecular weight excluding hydrogens is 389 g/mol. The third kappa shape index (κ3) is 6.35. The first-order valence-electron chi connectivity index (χ1n) is 8.34. The number of Topliss-reactive ketones (excluding diaryl/α,β-unsaturated/α-hetero) is 1. The summed E-state index contributed by atoms with van der Waals surface area (Å²) in [6.07, 6.45) is 5.21. The molecule has 2 aliphatic carbocycles. The van der Waals surface area contributed by atoms with Crippen molar-refractivity contribution in [2.24, 2.45) is 0 Å². The van der Waals surface area contributed by atoms with Gasteiger partial charge in [-0.15, -0.1) is 0 Å². The predicted octanol–water partition coefficient (Wildman–Crippen LogP) is 2.94. The number of carbonyl (C=O) groups is 1. The molecule has 0 aromatic heterocycles. The second kappa shape index (κ2) is 12.3. The minimum Gasteiger partial charge on any atom is -1.00 e. The second-order valence-electron chi connectivity index (χ2n) is 6.27. The first kappa shape index (κ1) is 26.7. The molecule has 6 heteroatoms. The van der Waals surface area contributed by atoms with Crippen LogP contribution in [0.2, 0.25) is 10.0 Å². The number of hydrogen-bond donors (Lipinski definition) is 1. The summed E-state index contributed by atoms with van der Waals surface area (Å²) >= 11 is 11.9. The van der Waals surface area contributed by atoms with Gasteiger partial charge in [0.15, 0.2) is 5.78 Å². The molecule has 2 aromatic carbocycles. The number of aryl methyl sites for hydroxylation is 2. The van der Waals surface area contributed by atoms with Crippen LogP contribution in [0.25, 0.3) is 0 Å². The van der Waals surface area contributed by atoms with Crippen LogP contribution in [0, 0.1) is 0 Å². The molecule has 0 aliphatic heterocycles. The summed E-state index contributed by atoms with van der Waals surface area (Å²) in [7, 11) is 0. The van der Waals surface area contributed by atoms with E-state index in [0.717, 1.165) is 48.8 Å². The number of halogens is 2. The predicted molar refractivity (Wildman–Crippen MR) is 112 cm³/mol. The van der Waals surface area contributed by atoms with Gasteiger partial charge in [-0.25, -0.2) is 0 Å². The van der Waals surface area contributed by atoms with Crippen molar-refractivity contribution in [1.82, 2.24) is 0 Å². The SMILES string of the molecule is C.O=C1CCCc2cccc(Cl)c21.OC1CCCc2cccc(Cl)c21.[B].[H-].[Na+]. The average Bonchev–Trinajstić information content (AvgIpc) is 2.56. The van der Waals surface area contributed by atoms with Crippen molar-refractivity contribution in [1.29, 1.82) is 0 Å². The van der Waals surface area contributed by atoms with E-state index in [-0.39, 0.29) is 58.7 Å². The number of hydrogen-bond acceptors (Lipinski definition) is 2. The van der Waals surface area contributed by atoms with Crippen LogP contribution in [0.4, 0.5) is 0 Å². The molecule has 139 valence electrons. The number of rotatable bonds is 0. The third-order valence-electron chi connectivity index (χ3n) is 4.63. The standard InChI is InChI=1S/C10H11ClO.C10H9ClO.CH4.B.Na.H/c2*11-8-5-1-3-7-4-2-6-9(12)10(7)8;;;;/h1,3,5,9,12H,2,4,6H2;1,3,5H,2,4,6H2;1H4;;;/q;;;;+1;-1. The van der Waals surface area contributed by atoms with Crippen LogP contribution in [-0.2, 0) is 12.8 Å². The summed E-state index contributed by atoms with van der Waals surface area (Å²) in [4.78, 5) is 11.4. The van der Waals surface area contributed by atoms with Crippen LogP contribution < -0.4 is 29.6 Å². The number of fused-ring (bicyclic) bond motifs is 2. The molecule has 2 aromatic rings. The van der Waals surface area contributed by atoms with E-state index >= 15 is 0 Å². The Morgan fingerprint density at radius 1 is 0.926 bits per heavy atom. The van der Waals surface area contributed by atoms with Gasteiger partial charge in [0, 0.05) is 31.0 Å². The molecule has 1 atom stereocenters. The van der Waals surface area contributed by atoms with Crippen LogP contribution >= 0.6 is 23.2 Å². The Bertz CT molecular complexity index is 774. The minimum absolute atomic E-state index is 0. The van der Waals surface area contributed by atoms with Gasteiger partial charge >= 0.3 is 29.6 Å². The second-order valence-corrected chi connectivity index (χ2v) is 7.09. The van der Waals surface area contributed by atoms with Crippen molar-refractivity contribution in [3.63, 3.8) is 0 Å². The summed E-state index contributed by atoms with van der Waals surface area (Å²) < 4.78 is 0. The maximum atomic E-state index is 11.4. The molecule has 2 nitrogen and oxygen atoms in total. The Balaban J connectivity index is 0. The zero-order valence-electron chi connectivity index (χ0n) is 16.0. The first-order chi connectivity index (χ1) is 11.6. The monoisotopic (exact) mass is 413 g/mol. The van der Waals surface area contributed by atoms with Crippen molar-refractivity contribution in [2.45, 2.75) is 52.1 Å². The molecule has 2 aliphatic rings. The fourth-order valence-corrected chi connectivity index (χ4v) is 4.08. The number of carbonyl (C=O) groups excluding carboxylic acids is 1. The van der Waals surface area contributed by atoms with Crippen LogP contribution in [0.1, 0.15) is 67.7 Å². The Hall–Kier alpha value is -0.285. The Morgan fingerprint density at radius 3 is 2.15 bits per heavy atom. The van der Waals surface area contributed by atoms with E-state index in [1.165, 1.54) is 5.56 Å². The van der Waals surface area contributed by atoms with Crippen molar-refractivity contribution in [3.8, 4) is 0 Å². The van der Waals surface area contributed by atoms with Gasteiger partial charge < -0.3 is 6.53 Å². The molecule has 0 amide bonds. The van der Waals surface area contributed by atoms with Gasteiger partial charge in [-0.1, -0.05) is 54.9 Å². The van der Waals surface area contributed by atoms with E-state index in [1.54, 1.807) is 6.07 Å². The van der Waals surface area contributed by atoms with Crippen LogP contribution in [0.3, 0.4) is 0 Å². The number of aliphatic hydroxyl groups excluding tert-OH is 1. The number of benzene rings is 2. The van der Waals surface area contributed by atoms with E-state index in [0.29, 0.717) is 16.5 Å². The van der Waals surface area contributed by atoms with Gasteiger partial charge in [-0.05, 0) is 55.4 Å². The summed E-state index contributed by atoms with van der Waals surface area (Å²) in [5.41, 5.74) is 4.02. The molecular formula is C21H25BCl2NaO2. The molecule has 0 heterocycles. The Labute approximate surface area is 198 Å². The zero-order valence-corrected chi connectivity index (χ0v) is 18.5. The van der Waals surface area contributed by atoms with Gasteiger partial charge in [0.25, 0.3) is 0 Å². The van der Waals surface area contributed by atoms with E-state index in [2.05, 4.69) is 0 Å². The fraction of sp³-hybridized carbons (Fsp3) is 0.381.